The summed E-state index contributed by atoms with van der Waals surface area (Å²) in [7, 11) is 0. The first kappa shape index (κ1) is 15.0. The Balaban J connectivity index is 2.41. The molecule has 0 heterocycles. The Bertz CT molecular complexity index is 700. The van der Waals surface area contributed by atoms with E-state index in [0.717, 1.165) is 0 Å². The molecule has 0 unspecified atom stereocenters. The quantitative estimate of drug-likeness (QED) is 0.458. The molecule has 0 aliphatic carbocycles. The highest BCUT2D eigenvalue weighted by atomic mass is 35.5. The van der Waals surface area contributed by atoms with Crippen LogP contribution in [0.4, 0.5) is 5.69 Å². The number of ketones is 1. The first-order chi connectivity index (χ1) is 10.0. The van der Waals surface area contributed by atoms with Crippen molar-refractivity contribution in [3.05, 3.63) is 63.2 Å². The van der Waals surface area contributed by atoms with Crippen LogP contribution in [-0.4, -0.2) is 10.7 Å². The number of hydrogen-bond donors (Lipinski definition) is 0. The standard InChI is InChI=1S/C15H12ClNO4/c1-2-13(18)11-5-3-4-6-14(11)21-15-9-10(17(19)20)7-8-12(15)16/h3-9H,2H2,1H3. The molecule has 2 rings (SSSR count). The van der Waals surface area contributed by atoms with Crippen LogP contribution < -0.4 is 4.74 Å². The lowest BCUT2D eigenvalue weighted by molar-refractivity contribution is -0.384. The van der Waals surface area contributed by atoms with Gasteiger partial charge in [0.1, 0.15) is 5.75 Å². The number of carbonyl (C=O) groups excluding carboxylic acids is 1. The Morgan fingerprint density at radius 1 is 1.24 bits per heavy atom. The van der Waals surface area contributed by atoms with Crippen molar-refractivity contribution in [3.8, 4) is 11.5 Å². The summed E-state index contributed by atoms with van der Waals surface area (Å²) in [6.45, 7) is 1.75. The van der Waals surface area contributed by atoms with Crippen LogP contribution in [0.3, 0.4) is 0 Å². The number of halogens is 1. The fraction of sp³-hybridized carbons (Fsp3) is 0.133. The molecule has 2 aromatic rings. The Hall–Kier alpha value is -2.40. The van der Waals surface area contributed by atoms with Gasteiger partial charge in [-0.25, -0.2) is 0 Å². The number of rotatable bonds is 5. The number of nitro groups is 1. The van der Waals surface area contributed by atoms with Crippen LogP contribution >= 0.6 is 11.6 Å². The Morgan fingerprint density at radius 2 is 1.95 bits per heavy atom. The molecule has 0 spiro atoms. The van der Waals surface area contributed by atoms with Gasteiger partial charge in [-0.15, -0.1) is 0 Å². The van der Waals surface area contributed by atoms with E-state index < -0.39 is 4.92 Å². The largest absolute Gasteiger partial charge is 0.455 e. The molecule has 0 aliphatic heterocycles. The van der Waals surface area contributed by atoms with Gasteiger partial charge in [0.2, 0.25) is 0 Å². The monoisotopic (exact) mass is 305 g/mol. The van der Waals surface area contributed by atoms with Gasteiger partial charge in [-0.1, -0.05) is 30.7 Å². The van der Waals surface area contributed by atoms with E-state index in [-0.39, 0.29) is 22.2 Å². The molecule has 0 aliphatic rings. The van der Waals surface area contributed by atoms with E-state index in [9.17, 15) is 14.9 Å². The number of nitrogens with zero attached hydrogens (tertiary/aromatic N) is 1. The summed E-state index contributed by atoms with van der Waals surface area (Å²) in [6.07, 6.45) is 0.336. The summed E-state index contributed by atoms with van der Waals surface area (Å²) in [6, 6.07) is 10.6. The first-order valence-corrected chi connectivity index (χ1v) is 6.64. The molecule has 0 aromatic heterocycles. The number of ether oxygens (including phenoxy) is 1. The molecule has 0 radical (unpaired) electrons. The molecule has 21 heavy (non-hydrogen) atoms. The van der Waals surface area contributed by atoms with Crippen molar-refractivity contribution in [2.45, 2.75) is 13.3 Å². The minimum Gasteiger partial charge on any atom is -0.455 e. The molecule has 6 heteroatoms. The third kappa shape index (κ3) is 3.38. The molecule has 0 N–H and O–H groups in total. The zero-order valence-corrected chi connectivity index (χ0v) is 12.0. The maximum atomic E-state index is 11.9. The van der Waals surface area contributed by atoms with Crippen LogP contribution in [0.25, 0.3) is 0 Å². The number of non-ortho nitro benzene ring substituents is 1. The van der Waals surface area contributed by atoms with Gasteiger partial charge < -0.3 is 4.74 Å². The third-order valence-electron chi connectivity index (χ3n) is 2.85. The van der Waals surface area contributed by atoms with Crippen LogP contribution in [0.2, 0.25) is 5.02 Å². The normalized spacial score (nSPS) is 10.2. The van der Waals surface area contributed by atoms with Crippen LogP contribution in [-0.2, 0) is 0 Å². The second-order valence-electron chi connectivity index (χ2n) is 4.25. The van der Waals surface area contributed by atoms with Crippen LogP contribution in [0.15, 0.2) is 42.5 Å². The predicted octanol–water partition coefficient (Wildman–Crippen LogP) is 4.63. The minimum atomic E-state index is -0.535. The molecule has 0 fully saturated rings. The maximum Gasteiger partial charge on any atom is 0.273 e. The molecule has 2 aromatic carbocycles. The summed E-state index contributed by atoms with van der Waals surface area (Å²) in [5.74, 6) is 0.390. The van der Waals surface area contributed by atoms with E-state index in [0.29, 0.717) is 17.7 Å². The number of carbonyl (C=O) groups is 1. The van der Waals surface area contributed by atoms with Crippen molar-refractivity contribution in [1.82, 2.24) is 0 Å². The van der Waals surface area contributed by atoms with Crippen molar-refractivity contribution in [2.75, 3.05) is 0 Å². The number of Topliss-reactive ketones (excluding diaryl/α,β-unsaturated/α-hetero) is 1. The average Bonchev–Trinajstić information content (AvgIpc) is 2.49. The highest BCUT2D eigenvalue weighted by Gasteiger charge is 2.15. The highest BCUT2D eigenvalue weighted by Crippen LogP contribution is 2.34. The van der Waals surface area contributed by atoms with Crippen molar-refractivity contribution < 1.29 is 14.5 Å². The summed E-state index contributed by atoms with van der Waals surface area (Å²) in [5.41, 5.74) is 0.288. The Labute approximate surface area is 126 Å². The third-order valence-corrected chi connectivity index (χ3v) is 3.17. The molecule has 0 saturated heterocycles. The molecule has 0 atom stereocenters. The predicted molar refractivity (Wildman–Crippen MR) is 79.2 cm³/mol. The molecule has 5 nitrogen and oxygen atoms in total. The number of nitro benzene ring substituents is 1. The van der Waals surface area contributed by atoms with Crippen molar-refractivity contribution >= 4 is 23.1 Å². The van der Waals surface area contributed by atoms with E-state index in [1.807, 2.05) is 0 Å². The van der Waals surface area contributed by atoms with Gasteiger partial charge >= 0.3 is 0 Å². The molecule has 0 amide bonds. The second-order valence-corrected chi connectivity index (χ2v) is 4.65. The summed E-state index contributed by atoms with van der Waals surface area (Å²) < 4.78 is 5.60. The average molecular weight is 306 g/mol. The molecular weight excluding hydrogens is 294 g/mol. The Morgan fingerprint density at radius 3 is 2.62 bits per heavy atom. The lowest BCUT2D eigenvalue weighted by Crippen LogP contribution is -2.00. The van der Waals surface area contributed by atoms with E-state index in [2.05, 4.69) is 0 Å². The van der Waals surface area contributed by atoms with E-state index in [1.54, 1.807) is 31.2 Å². The summed E-state index contributed by atoms with van der Waals surface area (Å²) in [4.78, 5) is 22.1. The fourth-order valence-electron chi connectivity index (χ4n) is 1.78. The number of para-hydroxylation sites is 1. The van der Waals surface area contributed by atoms with Gasteiger partial charge in [0.15, 0.2) is 11.5 Å². The smallest absolute Gasteiger partial charge is 0.273 e. The number of benzene rings is 2. The maximum absolute atomic E-state index is 11.9. The van der Waals surface area contributed by atoms with Crippen LogP contribution in [0.1, 0.15) is 23.7 Å². The van der Waals surface area contributed by atoms with E-state index in [4.69, 9.17) is 16.3 Å². The lowest BCUT2D eigenvalue weighted by Gasteiger charge is -2.11. The zero-order valence-electron chi connectivity index (χ0n) is 11.2. The zero-order chi connectivity index (χ0) is 15.4. The van der Waals surface area contributed by atoms with Crippen LogP contribution in [0, 0.1) is 10.1 Å². The van der Waals surface area contributed by atoms with Gasteiger partial charge in [0, 0.05) is 12.5 Å². The van der Waals surface area contributed by atoms with Gasteiger partial charge in [0.25, 0.3) is 5.69 Å². The van der Waals surface area contributed by atoms with Crippen molar-refractivity contribution in [3.63, 3.8) is 0 Å². The molecular formula is C15H12ClNO4. The molecule has 0 saturated carbocycles. The van der Waals surface area contributed by atoms with E-state index >= 15 is 0 Å². The minimum absolute atomic E-state index is 0.0767. The van der Waals surface area contributed by atoms with E-state index in [1.165, 1.54) is 18.2 Å². The SMILES string of the molecule is CCC(=O)c1ccccc1Oc1cc([N+](=O)[O-])ccc1Cl. The van der Waals surface area contributed by atoms with Crippen molar-refractivity contribution in [2.24, 2.45) is 0 Å². The topological polar surface area (TPSA) is 69.4 Å². The molecule has 108 valence electrons. The second kappa shape index (κ2) is 6.37. The number of hydrogen-bond acceptors (Lipinski definition) is 4. The van der Waals surface area contributed by atoms with Gasteiger partial charge in [-0.3, -0.25) is 14.9 Å². The van der Waals surface area contributed by atoms with Crippen LogP contribution in [0.5, 0.6) is 11.5 Å². The summed E-state index contributed by atoms with van der Waals surface area (Å²) in [5, 5.41) is 11.0. The first-order valence-electron chi connectivity index (χ1n) is 6.27. The van der Waals surface area contributed by atoms with Gasteiger partial charge in [0.05, 0.1) is 21.6 Å². The lowest BCUT2D eigenvalue weighted by atomic mass is 10.1. The Kier molecular flexibility index (Phi) is 4.55. The van der Waals surface area contributed by atoms with Crippen molar-refractivity contribution in [1.29, 1.82) is 0 Å². The fourth-order valence-corrected chi connectivity index (χ4v) is 1.93. The highest BCUT2D eigenvalue weighted by molar-refractivity contribution is 6.32. The summed E-state index contributed by atoms with van der Waals surface area (Å²) >= 11 is 5.98. The van der Waals surface area contributed by atoms with Gasteiger partial charge in [-0.2, -0.15) is 0 Å². The van der Waals surface area contributed by atoms with Gasteiger partial charge in [-0.05, 0) is 18.2 Å². The molecule has 0 bridgehead atoms.